The van der Waals surface area contributed by atoms with Gasteiger partial charge in [0.2, 0.25) is 11.8 Å². The molecule has 0 radical (unpaired) electrons. The summed E-state index contributed by atoms with van der Waals surface area (Å²) in [5, 5.41) is 5.07. The number of hydrogen-bond donors (Lipinski definition) is 2. The molecule has 6 nitrogen and oxygen atoms in total. The summed E-state index contributed by atoms with van der Waals surface area (Å²) < 4.78 is 31.3. The Balaban J connectivity index is 2.16. The number of methoxy groups -OCH3 is 1. The Kier molecular flexibility index (Phi) is 7.82. The largest absolute Gasteiger partial charge is 0.467 e. The third-order valence-corrected chi connectivity index (χ3v) is 4.18. The molecule has 29 heavy (non-hydrogen) atoms. The van der Waals surface area contributed by atoms with Crippen LogP contribution in [0.15, 0.2) is 48.5 Å². The van der Waals surface area contributed by atoms with Gasteiger partial charge in [-0.25, -0.2) is 13.6 Å². The minimum atomic E-state index is -1.07. The highest BCUT2D eigenvalue weighted by Crippen LogP contribution is 2.10. The SMILES string of the molecule is COC(=O)[C@@H](Cc1cccc(F)c1)NC(=O)[C@@H](Cc1ccc(F)cc1)NC(C)=O. The molecule has 0 saturated heterocycles. The average molecular weight is 404 g/mol. The highest BCUT2D eigenvalue weighted by atomic mass is 19.1. The second-order valence-electron chi connectivity index (χ2n) is 6.50. The molecule has 0 saturated carbocycles. The Morgan fingerprint density at radius 2 is 1.55 bits per heavy atom. The minimum Gasteiger partial charge on any atom is -0.467 e. The van der Waals surface area contributed by atoms with Crippen LogP contribution in [0.5, 0.6) is 0 Å². The van der Waals surface area contributed by atoms with E-state index < -0.39 is 41.5 Å². The maximum atomic E-state index is 13.4. The van der Waals surface area contributed by atoms with E-state index in [9.17, 15) is 23.2 Å². The monoisotopic (exact) mass is 404 g/mol. The molecule has 0 heterocycles. The number of nitrogens with one attached hydrogen (secondary N) is 2. The Morgan fingerprint density at radius 1 is 0.897 bits per heavy atom. The normalized spacial score (nSPS) is 12.6. The number of rotatable bonds is 8. The molecule has 2 N–H and O–H groups in total. The van der Waals surface area contributed by atoms with Gasteiger partial charge in [-0.2, -0.15) is 0 Å². The lowest BCUT2D eigenvalue weighted by molar-refractivity contribution is -0.145. The first-order chi connectivity index (χ1) is 13.8. The molecule has 0 aromatic heterocycles. The third-order valence-electron chi connectivity index (χ3n) is 4.18. The summed E-state index contributed by atoms with van der Waals surface area (Å²) in [5.74, 6) is -2.64. The van der Waals surface area contributed by atoms with Crippen LogP contribution < -0.4 is 10.6 Å². The molecule has 0 aliphatic carbocycles. The van der Waals surface area contributed by atoms with Gasteiger partial charge >= 0.3 is 5.97 Å². The fourth-order valence-electron chi connectivity index (χ4n) is 2.82. The zero-order chi connectivity index (χ0) is 21.4. The number of carbonyl (C=O) groups is 3. The fraction of sp³-hybridized carbons (Fsp3) is 0.286. The lowest BCUT2D eigenvalue weighted by atomic mass is 10.0. The van der Waals surface area contributed by atoms with Crippen molar-refractivity contribution in [1.29, 1.82) is 0 Å². The van der Waals surface area contributed by atoms with E-state index in [4.69, 9.17) is 4.74 Å². The molecule has 2 aromatic rings. The summed E-state index contributed by atoms with van der Waals surface area (Å²) in [7, 11) is 1.18. The maximum absolute atomic E-state index is 13.4. The van der Waals surface area contributed by atoms with Crippen molar-refractivity contribution in [3.63, 3.8) is 0 Å². The van der Waals surface area contributed by atoms with Crippen molar-refractivity contribution in [2.45, 2.75) is 31.8 Å². The van der Waals surface area contributed by atoms with Crippen LogP contribution in [0.2, 0.25) is 0 Å². The molecule has 2 aromatic carbocycles. The molecule has 2 atom stereocenters. The number of benzene rings is 2. The zero-order valence-electron chi connectivity index (χ0n) is 16.1. The number of ether oxygens (including phenoxy) is 1. The predicted octanol–water partition coefficient (Wildman–Crippen LogP) is 1.91. The van der Waals surface area contributed by atoms with Crippen LogP contribution in [-0.2, 0) is 32.0 Å². The van der Waals surface area contributed by atoms with E-state index in [1.54, 1.807) is 6.07 Å². The number of hydrogen-bond acceptors (Lipinski definition) is 4. The number of carbonyl (C=O) groups excluding carboxylic acids is 3. The highest BCUT2D eigenvalue weighted by molar-refractivity contribution is 5.90. The van der Waals surface area contributed by atoms with Crippen molar-refractivity contribution in [3.05, 3.63) is 71.3 Å². The molecule has 0 aliphatic rings. The van der Waals surface area contributed by atoms with E-state index in [0.29, 0.717) is 11.1 Å². The van der Waals surface area contributed by atoms with Crippen molar-refractivity contribution in [2.24, 2.45) is 0 Å². The second-order valence-corrected chi connectivity index (χ2v) is 6.50. The van der Waals surface area contributed by atoms with Crippen molar-refractivity contribution < 1.29 is 27.9 Å². The van der Waals surface area contributed by atoms with Gasteiger partial charge in [0.25, 0.3) is 0 Å². The van der Waals surface area contributed by atoms with E-state index >= 15 is 0 Å². The first kappa shape index (κ1) is 22.0. The summed E-state index contributed by atoms with van der Waals surface area (Å²) in [6.07, 6.45) is 0.110. The molecule has 8 heteroatoms. The molecule has 0 fully saturated rings. The van der Waals surface area contributed by atoms with Crippen LogP contribution in [0.4, 0.5) is 8.78 Å². The summed E-state index contributed by atoms with van der Waals surface area (Å²) in [6.45, 7) is 1.26. The van der Waals surface area contributed by atoms with Crippen LogP contribution in [0.3, 0.4) is 0 Å². The van der Waals surface area contributed by atoms with Crippen molar-refractivity contribution in [2.75, 3.05) is 7.11 Å². The summed E-state index contributed by atoms with van der Waals surface area (Å²) in [6, 6.07) is 9.08. The first-order valence-corrected chi connectivity index (χ1v) is 8.92. The number of amides is 2. The van der Waals surface area contributed by atoms with Crippen molar-refractivity contribution in [1.82, 2.24) is 10.6 Å². The Bertz CT molecular complexity index is 871. The first-order valence-electron chi connectivity index (χ1n) is 8.92. The molecule has 154 valence electrons. The summed E-state index contributed by atoms with van der Waals surface area (Å²) in [5.41, 5.74) is 1.12. The highest BCUT2D eigenvalue weighted by Gasteiger charge is 2.27. The molecule has 2 amide bonds. The summed E-state index contributed by atoms with van der Waals surface area (Å²) in [4.78, 5) is 36.4. The number of halogens is 2. The molecule has 0 spiro atoms. The van der Waals surface area contributed by atoms with Gasteiger partial charge in [0.1, 0.15) is 23.7 Å². The van der Waals surface area contributed by atoms with Crippen molar-refractivity contribution in [3.8, 4) is 0 Å². The van der Waals surface area contributed by atoms with Gasteiger partial charge in [-0.1, -0.05) is 24.3 Å². The topological polar surface area (TPSA) is 84.5 Å². The van der Waals surface area contributed by atoms with Crippen LogP contribution >= 0.6 is 0 Å². The van der Waals surface area contributed by atoms with Gasteiger partial charge in [-0.3, -0.25) is 9.59 Å². The van der Waals surface area contributed by atoms with Crippen LogP contribution in [0.25, 0.3) is 0 Å². The van der Waals surface area contributed by atoms with Crippen molar-refractivity contribution >= 4 is 17.8 Å². The fourth-order valence-corrected chi connectivity index (χ4v) is 2.82. The van der Waals surface area contributed by atoms with E-state index in [0.717, 1.165) is 0 Å². The van der Waals surface area contributed by atoms with Gasteiger partial charge < -0.3 is 15.4 Å². The lowest BCUT2D eigenvalue weighted by Crippen LogP contribution is -2.53. The van der Waals surface area contributed by atoms with Gasteiger partial charge in [-0.15, -0.1) is 0 Å². The molecular weight excluding hydrogens is 382 g/mol. The van der Waals surface area contributed by atoms with Gasteiger partial charge in [0.05, 0.1) is 7.11 Å². The van der Waals surface area contributed by atoms with Gasteiger partial charge in [0, 0.05) is 19.8 Å². The van der Waals surface area contributed by atoms with E-state index in [1.165, 1.54) is 56.5 Å². The van der Waals surface area contributed by atoms with E-state index in [2.05, 4.69) is 10.6 Å². The maximum Gasteiger partial charge on any atom is 0.328 e. The Morgan fingerprint density at radius 3 is 2.14 bits per heavy atom. The lowest BCUT2D eigenvalue weighted by Gasteiger charge is -2.22. The zero-order valence-corrected chi connectivity index (χ0v) is 16.1. The molecule has 0 bridgehead atoms. The Labute approximate surface area is 167 Å². The molecule has 0 aliphatic heterocycles. The molecule has 0 unspecified atom stereocenters. The average Bonchev–Trinajstić information content (AvgIpc) is 2.67. The van der Waals surface area contributed by atoms with Crippen LogP contribution in [0, 0.1) is 11.6 Å². The van der Waals surface area contributed by atoms with Gasteiger partial charge in [0.15, 0.2) is 0 Å². The van der Waals surface area contributed by atoms with Crippen LogP contribution in [0.1, 0.15) is 18.1 Å². The Hall–Kier alpha value is -3.29. The molecular formula is C21H22F2N2O4. The standard InChI is InChI=1S/C21H22F2N2O4/c1-13(26)24-18(11-14-6-8-16(22)9-7-14)20(27)25-19(21(28)29-2)12-15-4-3-5-17(23)10-15/h3-10,18-19H,11-12H2,1-2H3,(H,24,26)(H,25,27)/t18-,19-/m1/s1. The van der Waals surface area contributed by atoms with Crippen LogP contribution in [-0.4, -0.2) is 37.0 Å². The van der Waals surface area contributed by atoms with E-state index in [1.807, 2.05) is 0 Å². The van der Waals surface area contributed by atoms with E-state index in [-0.39, 0.29) is 12.8 Å². The quantitative estimate of drug-likeness (QED) is 0.659. The number of esters is 1. The third kappa shape index (κ3) is 6.99. The summed E-state index contributed by atoms with van der Waals surface area (Å²) >= 11 is 0. The second kappa shape index (κ2) is 10.3. The molecule has 2 rings (SSSR count). The van der Waals surface area contributed by atoms with Gasteiger partial charge in [-0.05, 0) is 35.4 Å². The predicted molar refractivity (Wildman–Crippen MR) is 102 cm³/mol. The smallest absolute Gasteiger partial charge is 0.328 e. The minimum absolute atomic E-state index is 0.0134.